The van der Waals surface area contributed by atoms with Crippen LogP contribution in [0.4, 0.5) is 0 Å². The van der Waals surface area contributed by atoms with Gasteiger partial charge in [0.1, 0.15) is 28.2 Å². The smallest absolute Gasteiger partial charge is 0.265 e. The van der Waals surface area contributed by atoms with E-state index in [0.717, 1.165) is 12.8 Å². The van der Waals surface area contributed by atoms with Crippen molar-refractivity contribution < 1.29 is 10.2 Å². The van der Waals surface area contributed by atoms with Gasteiger partial charge < -0.3 is 10.2 Å². The number of hydrogen-bond donors (Lipinski definition) is 2. The largest absolute Gasteiger partial charge is 0.506 e. The van der Waals surface area contributed by atoms with Crippen molar-refractivity contribution in [1.29, 1.82) is 0 Å². The first kappa shape index (κ1) is 13.1. The second-order valence-corrected chi connectivity index (χ2v) is 5.91. The molecule has 22 heavy (non-hydrogen) atoms. The van der Waals surface area contributed by atoms with Crippen molar-refractivity contribution in [1.82, 2.24) is 9.55 Å². The number of hydrogen-bond acceptors (Lipinski definition) is 4. The maximum atomic E-state index is 12.9. The van der Waals surface area contributed by atoms with Crippen molar-refractivity contribution in [3.8, 4) is 11.5 Å². The zero-order chi connectivity index (χ0) is 15.4. The molecule has 112 valence electrons. The summed E-state index contributed by atoms with van der Waals surface area (Å²) in [6, 6.07) is 7.00. The fourth-order valence-corrected chi connectivity index (χ4v) is 3.44. The quantitative estimate of drug-likeness (QED) is 0.494. The van der Waals surface area contributed by atoms with Gasteiger partial charge in [0.25, 0.3) is 5.56 Å². The molecule has 5 nitrogen and oxygen atoms in total. The Morgan fingerprint density at radius 2 is 1.86 bits per heavy atom. The number of nitrogens with zero attached hydrogens (tertiary/aromatic N) is 2. The van der Waals surface area contributed by atoms with Gasteiger partial charge in [-0.15, -0.1) is 0 Å². The lowest BCUT2D eigenvalue weighted by molar-refractivity contribution is 0.406. The van der Waals surface area contributed by atoms with Crippen molar-refractivity contribution in [2.75, 3.05) is 0 Å². The molecule has 0 aliphatic carbocycles. The van der Waals surface area contributed by atoms with Gasteiger partial charge >= 0.3 is 0 Å². The number of fused-ring (bicyclic) bond motifs is 3. The fourth-order valence-electron chi connectivity index (χ4n) is 3.44. The highest BCUT2D eigenvalue weighted by atomic mass is 16.3. The Balaban J connectivity index is 2.26. The van der Waals surface area contributed by atoms with E-state index in [1.165, 1.54) is 0 Å². The molecular weight excluding hydrogens is 280 g/mol. The monoisotopic (exact) mass is 296 g/mol. The van der Waals surface area contributed by atoms with E-state index in [9.17, 15) is 15.0 Å². The Labute approximate surface area is 126 Å². The first-order valence-electron chi connectivity index (χ1n) is 7.47. The number of aryl methyl sites for hydroxylation is 1. The fraction of sp³-hybridized carbons (Fsp3) is 0.294. The molecule has 0 amide bonds. The SMILES string of the molecule is CC1CCCc2nc3c(O)c4ccccc4c(O)c3c(=O)n21. The van der Waals surface area contributed by atoms with Crippen LogP contribution < -0.4 is 5.56 Å². The van der Waals surface area contributed by atoms with Crippen LogP contribution in [0.1, 0.15) is 31.6 Å². The van der Waals surface area contributed by atoms with Gasteiger partial charge in [-0.05, 0) is 19.8 Å². The van der Waals surface area contributed by atoms with Crippen molar-refractivity contribution >= 4 is 21.7 Å². The Morgan fingerprint density at radius 3 is 2.59 bits per heavy atom. The molecule has 2 aromatic carbocycles. The van der Waals surface area contributed by atoms with Crippen LogP contribution in [0.15, 0.2) is 29.1 Å². The summed E-state index contributed by atoms with van der Waals surface area (Å²) in [6.45, 7) is 1.98. The molecule has 1 aromatic heterocycles. The van der Waals surface area contributed by atoms with E-state index in [1.54, 1.807) is 28.8 Å². The number of phenols is 2. The Hall–Kier alpha value is -2.56. The van der Waals surface area contributed by atoms with Crippen molar-refractivity contribution in [3.63, 3.8) is 0 Å². The van der Waals surface area contributed by atoms with Gasteiger partial charge in [-0.2, -0.15) is 0 Å². The molecular formula is C17H16N2O3. The summed E-state index contributed by atoms with van der Waals surface area (Å²) in [4.78, 5) is 17.3. The molecule has 3 aromatic rings. The van der Waals surface area contributed by atoms with E-state index < -0.39 is 0 Å². The lowest BCUT2D eigenvalue weighted by Gasteiger charge is -2.24. The molecule has 2 N–H and O–H groups in total. The van der Waals surface area contributed by atoms with Crippen molar-refractivity contribution in [3.05, 3.63) is 40.4 Å². The molecule has 1 aliphatic heterocycles. The minimum atomic E-state index is -0.272. The molecule has 4 rings (SSSR count). The Morgan fingerprint density at radius 1 is 1.18 bits per heavy atom. The second-order valence-electron chi connectivity index (χ2n) is 5.91. The summed E-state index contributed by atoms with van der Waals surface area (Å²) < 4.78 is 1.65. The molecule has 0 spiro atoms. The number of aromatic nitrogens is 2. The van der Waals surface area contributed by atoms with E-state index in [2.05, 4.69) is 4.98 Å². The van der Waals surface area contributed by atoms with Gasteiger partial charge in [0.15, 0.2) is 0 Å². The first-order valence-corrected chi connectivity index (χ1v) is 7.47. The molecule has 5 heteroatoms. The summed E-state index contributed by atoms with van der Waals surface area (Å²) in [5.41, 5.74) is -0.0766. The zero-order valence-corrected chi connectivity index (χ0v) is 12.2. The van der Waals surface area contributed by atoms with Crippen LogP contribution in [0.2, 0.25) is 0 Å². The molecule has 0 saturated carbocycles. The first-order chi connectivity index (χ1) is 10.6. The molecule has 1 unspecified atom stereocenters. The van der Waals surface area contributed by atoms with E-state index in [1.807, 2.05) is 6.92 Å². The topological polar surface area (TPSA) is 75.4 Å². The van der Waals surface area contributed by atoms with Gasteiger partial charge in [-0.25, -0.2) is 4.98 Å². The molecule has 1 aliphatic rings. The number of benzene rings is 2. The van der Waals surface area contributed by atoms with Crippen LogP contribution in [-0.4, -0.2) is 19.8 Å². The lowest BCUT2D eigenvalue weighted by Crippen LogP contribution is -2.31. The van der Waals surface area contributed by atoms with Gasteiger partial charge in [0.05, 0.1) is 0 Å². The van der Waals surface area contributed by atoms with Crippen LogP contribution >= 0.6 is 0 Å². The summed E-state index contributed by atoms with van der Waals surface area (Å²) in [5.74, 6) is 0.539. The normalized spacial score (nSPS) is 17.8. The predicted molar refractivity (Wildman–Crippen MR) is 84.5 cm³/mol. The van der Waals surface area contributed by atoms with E-state index in [0.29, 0.717) is 23.0 Å². The molecule has 0 bridgehead atoms. The number of aromatic hydroxyl groups is 2. The van der Waals surface area contributed by atoms with E-state index in [4.69, 9.17) is 0 Å². The van der Waals surface area contributed by atoms with Gasteiger partial charge in [0.2, 0.25) is 0 Å². The third-order valence-electron chi connectivity index (χ3n) is 4.55. The molecule has 0 saturated heterocycles. The van der Waals surface area contributed by atoms with Gasteiger partial charge in [0, 0.05) is 23.2 Å². The van der Waals surface area contributed by atoms with E-state index >= 15 is 0 Å². The number of phenolic OH excluding ortho intramolecular Hbond substituents is 2. The van der Waals surface area contributed by atoms with Gasteiger partial charge in [-0.1, -0.05) is 24.3 Å². The minimum Gasteiger partial charge on any atom is -0.506 e. The molecule has 2 heterocycles. The minimum absolute atomic E-state index is 0.0397. The van der Waals surface area contributed by atoms with Crippen LogP contribution in [0, 0.1) is 0 Å². The van der Waals surface area contributed by atoms with Crippen LogP contribution in [0.3, 0.4) is 0 Å². The maximum absolute atomic E-state index is 12.9. The molecule has 0 fully saturated rings. The molecule has 1 atom stereocenters. The lowest BCUT2D eigenvalue weighted by atomic mass is 10.0. The number of rotatable bonds is 0. The zero-order valence-electron chi connectivity index (χ0n) is 12.2. The van der Waals surface area contributed by atoms with Crippen molar-refractivity contribution in [2.45, 2.75) is 32.2 Å². The Kier molecular flexibility index (Phi) is 2.66. The summed E-state index contributed by atoms with van der Waals surface area (Å²) in [5, 5.41) is 22.1. The third-order valence-corrected chi connectivity index (χ3v) is 4.55. The van der Waals surface area contributed by atoms with E-state index in [-0.39, 0.29) is 34.0 Å². The van der Waals surface area contributed by atoms with Crippen molar-refractivity contribution in [2.24, 2.45) is 0 Å². The van der Waals surface area contributed by atoms with Crippen LogP contribution in [0.5, 0.6) is 11.5 Å². The van der Waals surface area contributed by atoms with Crippen LogP contribution in [0.25, 0.3) is 21.7 Å². The second kappa shape index (κ2) is 4.47. The third kappa shape index (κ3) is 1.59. The highest BCUT2D eigenvalue weighted by molar-refractivity contribution is 6.08. The standard InChI is InChI=1S/C17H16N2O3/c1-9-5-4-8-12-18-14-13(17(22)19(9)12)15(20)10-6-2-3-7-11(10)16(14)21/h2-3,6-7,9,20-21H,4-5,8H2,1H3. The highest BCUT2D eigenvalue weighted by Crippen LogP contribution is 2.39. The predicted octanol–water partition coefficient (Wildman–Crippen LogP) is 2.86. The average Bonchev–Trinajstić information content (AvgIpc) is 2.52. The summed E-state index contributed by atoms with van der Waals surface area (Å²) >= 11 is 0. The summed E-state index contributed by atoms with van der Waals surface area (Å²) in [7, 11) is 0. The molecule has 0 radical (unpaired) electrons. The summed E-state index contributed by atoms with van der Waals surface area (Å²) in [6.07, 6.45) is 2.60. The Bertz CT molecular complexity index is 975. The van der Waals surface area contributed by atoms with Gasteiger partial charge in [-0.3, -0.25) is 9.36 Å². The average molecular weight is 296 g/mol. The van der Waals surface area contributed by atoms with Crippen LogP contribution in [-0.2, 0) is 6.42 Å². The highest BCUT2D eigenvalue weighted by Gasteiger charge is 2.24. The maximum Gasteiger partial charge on any atom is 0.265 e.